The van der Waals surface area contributed by atoms with Crippen LogP contribution in [0, 0.1) is 5.92 Å². The smallest absolute Gasteiger partial charge is 0.258 e. The van der Waals surface area contributed by atoms with E-state index in [1.807, 2.05) is 18.2 Å². The number of likely N-dealkylation sites (tertiary alicyclic amines) is 1. The average molecular weight is 488 g/mol. The maximum atomic E-state index is 13.0. The number of carbonyl (C=O) groups excluding carboxylic acids is 3. The Kier molecular flexibility index (Phi) is 6.55. The molecule has 35 heavy (non-hydrogen) atoms. The number of amides is 3. The third-order valence-corrected chi connectivity index (χ3v) is 6.95. The van der Waals surface area contributed by atoms with Crippen LogP contribution in [0.2, 0.25) is 5.02 Å². The molecule has 0 spiro atoms. The predicted molar refractivity (Wildman–Crippen MR) is 137 cm³/mol. The Morgan fingerprint density at radius 1 is 0.829 bits per heavy atom. The van der Waals surface area contributed by atoms with Gasteiger partial charge in [-0.25, -0.2) is 0 Å². The molecule has 1 atom stereocenters. The fourth-order valence-corrected chi connectivity index (χ4v) is 4.92. The van der Waals surface area contributed by atoms with Gasteiger partial charge >= 0.3 is 0 Å². The van der Waals surface area contributed by atoms with Crippen LogP contribution in [-0.4, -0.2) is 42.3 Å². The maximum Gasteiger partial charge on any atom is 0.258 e. The van der Waals surface area contributed by atoms with Gasteiger partial charge in [-0.15, -0.1) is 0 Å². The van der Waals surface area contributed by atoms with Gasteiger partial charge < -0.3 is 15.1 Å². The summed E-state index contributed by atoms with van der Waals surface area (Å²) in [5.74, 6) is -0.546. The van der Waals surface area contributed by atoms with Crippen molar-refractivity contribution in [2.45, 2.75) is 19.3 Å². The van der Waals surface area contributed by atoms with Gasteiger partial charge in [-0.05, 0) is 79.4 Å². The number of benzene rings is 3. The number of rotatable bonds is 4. The molecule has 1 fully saturated rings. The normalized spacial score (nSPS) is 17.1. The van der Waals surface area contributed by atoms with E-state index in [1.54, 1.807) is 58.3 Å². The zero-order valence-corrected chi connectivity index (χ0v) is 20.0. The Morgan fingerprint density at radius 3 is 2.29 bits per heavy atom. The van der Waals surface area contributed by atoms with E-state index in [0.717, 1.165) is 24.9 Å². The second-order valence-electron chi connectivity index (χ2n) is 9.00. The molecular weight excluding hydrogens is 462 g/mol. The molecule has 0 saturated carbocycles. The Labute approximate surface area is 209 Å². The van der Waals surface area contributed by atoms with Crippen molar-refractivity contribution in [3.63, 3.8) is 0 Å². The highest BCUT2D eigenvalue weighted by molar-refractivity contribution is 6.30. The summed E-state index contributed by atoms with van der Waals surface area (Å²) in [6.07, 6.45) is 2.35. The number of halogens is 1. The lowest BCUT2D eigenvalue weighted by Crippen LogP contribution is -2.43. The van der Waals surface area contributed by atoms with E-state index in [1.165, 1.54) is 5.56 Å². The van der Waals surface area contributed by atoms with E-state index in [2.05, 4.69) is 11.4 Å². The molecule has 178 valence electrons. The molecule has 2 aliphatic heterocycles. The van der Waals surface area contributed by atoms with Crippen LogP contribution in [0.15, 0.2) is 72.8 Å². The van der Waals surface area contributed by atoms with Gasteiger partial charge in [0.15, 0.2) is 0 Å². The number of para-hydroxylation sites is 1. The van der Waals surface area contributed by atoms with Crippen molar-refractivity contribution in [3.05, 3.63) is 94.5 Å². The second kappa shape index (κ2) is 9.92. The minimum Gasteiger partial charge on any atom is -0.338 e. The van der Waals surface area contributed by atoms with E-state index in [9.17, 15) is 14.4 Å². The molecule has 1 saturated heterocycles. The fraction of sp³-hybridized carbons (Fsp3) is 0.250. The number of fused-ring (bicyclic) bond motifs is 1. The number of anilines is 2. The molecule has 0 bridgehead atoms. The number of nitrogens with zero attached hydrogens (tertiary/aromatic N) is 2. The predicted octanol–water partition coefficient (Wildman–Crippen LogP) is 5.03. The number of hydrogen-bond donors (Lipinski definition) is 1. The first-order valence-corrected chi connectivity index (χ1v) is 12.2. The summed E-state index contributed by atoms with van der Waals surface area (Å²) in [7, 11) is 0. The van der Waals surface area contributed by atoms with Gasteiger partial charge in [-0.2, -0.15) is 0 Å². The van der Waals surface area contributed by atoms with Crippen LogP contribution in [-0.2, 0) is 11.2 Å². The zero-order valence-electron chi connectivity index (χ0n) is 19.2. The molecule has 3 amide bonds. The topological polar surface area (TPSA) is 69.7 Å². The molecule has 3 aromatic carbocycles. The van der Waals surface area contributed by atoms with Gasteiger partial charge in [0.1, 0.15) is 0 Å². The van der Waals surface area contributed by atoms with Crippen LogP contribution in [0.25, 0.3) is 0 Å². The molecule has 0 aliphatic carbocycles. The Morgan fingerprint density at radius 2 is 1.51 bits per heavy atom. The van der Waals surface area contributed by atoms with Crippen LogP contribution in [0.1, 0.15) is 39.1 Å². The summed E-state index contributed by atoms with van der Waals surface area (Å²) in [5, 5.41) is 3.53. The minimum absolute atomic E-state index is 0.0449. The highest BCUT2D eigenvalue weighted by Crippen LogP contribution is 2.29. The summed E-state index contributed by atoms with van der Waals surface area (Å²) in [5.41, 5.74) is 3.92. The van der Waals surface area contributed by atoms with E-state index in [4.69, 9.17) is 11.6 Å². The van der Waals surface area contributed by atoms with Gasteiger partial charge in [-0.1, -0.05) is 29.8 Å². The lowest BCUT2D eigenvalue weighted by atomic mass is 9.96. The van der Waals surface area contributed by atoms with Crippen molar-refractivity contribution in [2.24, 2.45) is 5.92 Å². The van der Waals surface area contributed by atoms with Crippen LogP contribution < -0.4 is 10.2 Å². The fourth-order valence-electron chi connectivity index (χ4n) is 4.80. The summed E-state index contributed by atoms with van der Waals surface area (Å²) in [6, 6.07) is 21.8. The van der Waals surface area contributed by atoms with Crippen LogP contribution in [0.4, 0.5) is 11.4 Å². The number of carbonyl (C=O) groups is 3. The molecule has 6 nitrogen and oxygen atoms in total. The largest absolute Gasteiger partial charge is 0.338 e. The first-order chi connectivity index (χ1) is 17.0. The molecule has 7 heteroatoms. The van der Waals surface area contributed by atoms with Crippen LogP contribution >= 0.6 is 11.6 Å². The van der Waals surface area contributed by atoms with Crippen molar-refractivity contribution >= 4 is 40.7 Å². The lowest BCUT2D eigenvalue weighted by molar-refractivity contribution is -0.121. The van der Waals surface area contributed by atoms with Crippen molar-refractivity contribution in [1.29, 1.82) is 0 Å². The molecule has 1 unspecified atom stereocenters. The molecule has 3 aromatic rings. The lowest BCUT2D eigenvalue weighted by Gasteiger charge is -2.32. The van der Waals surface area contributed by atoms with Crippen molar-refractivity contribution in [3.8, 4) is 0 Å². The second-order valence-corrected chi connectivity index (χ2v) is 9.44. The molecule has 1 N–H and O–H groups in total. The first-order valence-electron chi connectivity index (χ1n) is 11.8. The van der Waals surface area contributed by atoms with Gasteiger partial charge in [0.25, 0.3) is 11.8 Å². The SMILES string of the molecule is O=C(Nc1ccc(C(=O)N2CCc3ccccc32)cc1)C1CCCN(C(=O)c2ccc(Cl)cc2)C1. The van der Waals surface area contributed by atoms with Crippen molar-refractivity contribution < 1.29 is 14.4 Å². The Balaban J connectivity index is 1.20. The molecule has 2 aliphatic rings. The summed E-state index contributed by atoms with van der Waals surface area (Å²) >= 11 is 5.93. The van der Waals surface area contributed by atoms with Crippen molar-refractivity contribution in [1.82, 2.24) is 4.90 Å². The molecule has 5 rings (SSSR count). The Bertz CT molecular complexity index is 1260. The van der Waals surface area contributed by atoms with E-state index in [0.29, 0.717) is 41.5 Å². The van der Waals surface area contributed by atoms with Crippen molar-refractivity contribution in [2.75, 3.05) is 29.9 Å². The van der Waals surface area contributed by atoms with E-state index in [-0.39, 0.29) is 23.6 Å². The van der Waals surface area contributed by atoms with E-state index >= 15 is 0 Å². The molecule has 0 aromatic heterocycles. The van der Waals surface area contributed by atoms with Gasteiger partial charge in [-0.3, -0.25) is 14.4 Å². The number of nitrogens with one attached hydrogen (secondary N) is 1. The number of piperidine rings is 1. The highest BCUT2D eigenvalue weighted by Gasteiger charge is 2.29. The van der Waals surface area contributed by atoms with Gasteiger partial charge in [0, 0.05) is 47.2 Å². The van der Waals surface area contributed by atoms with Crippen LogP contribution in [0.3, 0.4) is 0 Å². The van der Waals surface area contributed by atoms with Gasteiger partial charge in [0.05, 0.1) is 5.92 Å². The first kappa shape index (κ1) is 23.1. The quantitative estimate of drug-likeness (QED) is 0.561. The number of hydrogen-bond acceptors (Lipinski definition) is 3. The van der Waals surface area contributed by atoms with Crippen LogP contribution in [0.5, 0.6) is 0 Å². The monoisotopic (exact) mass is 487 g/mol. The minimum atomic E-state index is -0.289. The third-order valence-electron chi connectivity index (χ3n) is 6.70. The molecular formula is C28H26ClN3O3. The standard InChI is InChI=1S/C28H26ClN3O3/c29-23-11-7-20(8-12-23)27(34)31-16-3-5-22(18-31)26(33)30-24-13-9-21(10-14-24)28(35)32-17-15-19-4-1-2-6-25(19)32/h1-2,4,6-14,22H,3,5,15-18H2,(H,30,33). The third kappa shape index (κ3) is 4.93. The highest BCUT2D eigenvalue weighted by atomic mass is 35.5. The average Bonchev–Trinajstić information content (AvgIpc) is 3.33. The van der Waals surface area contributed by atoms with E-state index < -0.39 is 0 Å². The zero-order chi connectivity index (χ0) is 24.4. The summed E-state index contributed by atoms with van der Waals surface area (Å²) < 4.78 is 0. The maximum absolute atomic E-state index is 13.0. The molecule has 2 heterocycles. The summed E-state index contributed by atoms with van der Waals surface area (Å²) in [6.45, 7) is 1.67. The molecule has 0 radical (unpaired) electrons. The van der Waals surface area contributed by atoms with Gasteiger partial charge in [0.2, 0.25) is 5.91 Å². The summed E-state index contributed by atoms with van der Waals surface area (Å²) in [4.78, 5) is 42.3. The Hall–Kier alpha value is -3.64.